The van der Waals surface area contributed by atoms with Crippen LogP contribution >= 0.6 is 8.18 Å². The van der Waals surface area contributed by atoms with Crippen molar-refractivity contribution in [1.29, 1.82) is 0 Å². The molecule has 29 heavy (non-hydrogen) atoms. The zero-order valence-corrected chi connectivity index (χ0v) is 17.6. The van der Waals surface area contributed by atoms with Crippen LogP contribution in [0.25, 0.3) is 0 Å². The van der Waals surface area contributed by atoms with Gasteiger partial charge in [0.05, 0.1) is 6.61 Å². The van der Waals surface area contributed by atoms with Gasteiger partial charge in [0.2, 0.25) is 34.8 Å². The monoisotopic (exact) mass is 445 g/mol. The summed E-state index contributed by atoms with van der Waals surface area (Å²) in [5.74, 6) is -13.7. The molecule has 0 aromatic heterocycles. The van der Waals surface area contributed by atoms with Crippen LogP contribution in [0.5, 0.6) is 5.75 Å². The van der Waals surface area contributed by atoms with Gasteiger partial charge in [-0.05, 0) is 18.3 Å². The van der Waals surface area contributed by atoms with Gasteiger partial charge >= 0.3 is 14.1 Å². The van der Waals surface area contributed by atoms with Crippen molar-refractivity contribution in [3.8, 4) is 5.75 Å². The third kappa shape index (κ3) is 6.96. The third-order valence-corrected chi connectivity index (χ3v) is 5.24. The Balaban J connectivity index is 2.93. The summed E-state index contributed by atoms with van der Waals surface area (Å²) in [4.78, 5) is 12.3. The number of ether oxygens (including phenoxy) is 1. The lowest BCUT2D eigenvalue weighted by Crippen LogP contribution is -2.36. The van der Waals surface area contributed by atoms with Gasteiger partial charge in [0.25, 0.3) is 0 Å². The molecule has 1 aromatic rings. The Bertz CT molecular complexity index is 714. The molecule has 166 valence electrons. The number of carbonyl (C=O) groups excluding carboxylic acids is 1. The van der Waals surface area contributed by atoms with Gasteiger partial charge in [-0.1, -0.05) is 40.5 Å². The van der Waals surface area contributed by atoms with Gasteiger partial charge < -0.3 is 9.26 Å². The van der Waals surface area contributed by atoms with Crippen molar-refractivity contribution in [3.05, 3.63) is 29.1 Å². The molecular weight excluding hydrogens is 420 g/mol. The molecule has 11 heteroatoms. The van der Waals surface area contributed by atoms with Gasteiger partial charge in [-0.15, -0.1) is 0 Å². The molecule has 0 fully saturated rings. The fourth-order valence-corrected chi connectivity index (χ4v) is 3.39. The minimum absolute atomic E-state index is 0.0582. The average Bonchev–Trinajstić information content (AvgIpc) is 2.68. The second-order valence-electron chi connectivity index (χ2n) is 6.93. The normalized spacial score (nSPS) is 13.6. The standard InChI is InChI=1S/C18H25F5NO4P/c1-5-10(6-2)8-27-18(25)11(7-9(3)4)24-29(26)28-17-15(22)13(20)12(19)14(21)16(17)23/h9-11,29H,5-8H2,1-4H3,(H,24,26)/t11-/m0/s1. The van der Waals surface area contributed by atoms with Gasteiger partial charge in [-0.2, -0.15) is 8.78 Å². The van der Waals surface area contributed by atoms with Crippen LogP contribution < -0.4 is 9.61 Å². The van der Waals surface area contributed by atoms with E-state index in [1.807, 2.05) is 13.8 Å². The molecule has 0 radical (unpaired) electrons. The Morgan fingerprint density at radius 3 is 1.90 bits per heavy atom. The third-order valence-electron chi connectivity index (χ3n) is 4.26. The van der Waals surface area contributed by atoms with E-state index in [9.17, 15) is 31.3 Å². The Morgan fingerprint density at radius 2 is 1.45 bits per heavy atom. The van der Waals surface area contributed by atoms with Gasteiger partial charge in [0.15, 0.2) is 0 Å². The summed E-state index contributed by atoms with van der Waals surface area (Å²) in [5.41, 5.74) is 0. The van der Waals surface area contributed by atoms with E-state index in [2.05, 4.69) is 9.61 Å². The molecular formula is C18H25F5NO4P. The molecule has 1 N–H and O–H groups in total. The van der Waals surface area contributed by atoms with Gasteiger partial charge in [-0.25, -0.2) is 18.3 Å². The van der Waals surface area contributed by atoms with E-state index in [0.717, 1.165) is 12.8 Å². The predicted molar refractivity (Wildman–Crippen MR) is 97.3 cm³/mol. The highest BCUT2D eigenvalue weighted by Crippen LogP contribution is 2.34. The molecule has 0 amide bonds. The topological polar surface area (TPSA) is 64.6 Å². The van der Waals surface area contributed by atoms with Crippen LogP contribution in [0.4, 0.5) is 22.0 Å². The van der Waals surface area contributed by atoms with Crippen molar-refractivity contribution in [1.82, 2.24) is 5.09 Å². The van der Waals surface area contributed by atoms with E-state index >= 15 is 0 Å². The zero-order valence-electron chi connectivity index (χ0n) is 16.6. The summed E-state index contributed by atoms with van der Waals surface area (Å²) in [6, 6.07) is -1.14. The molecule has 0 heterocycles. The molecule has 1 unspecified atom stereocenters. The maximum absolute atomic E-state index is 13.7. The van der Waals surface area contributed by atoms with E-state index < -0.39 is 55.0 Å². The van der Waals surface area contributed by atoms with Crippen LogP contribution in [0.3, 0.4) is 0 Å². The van der Waals surface area contributed by atoms with Crippen molar-refractivity contribution >= 4 is 14.1 Å². The van der Waals surface area contributed by atoms with Crippen molar-refractivity contribution in [2.45, 2.75) is 53.0 Å². The fourth-order valence-electron chi connectivity index (χ4n) is 2.45. The highest BCUT2D eigenvalue weighted by atomic mass is 31.1. The molecule has 0 saturated carbocycles. The molecule has 2 atom stereocenters. The maximum Gasteiger partial charge on any atom is 0.323 e. The van der Waals surface area contributed by atoms with E-state index in [0.29, 0.717) is 0 Å². The molecule has 0 aliphatic heterocycles. The summed E-state index contributed by atoms with van der Waals surface area (Å²) in [6.07, 6.45) is 1.72. The van der Waals surface area contributed by atoms with E-state index in [-0.39, 0.29) is 24.9 Å². The minimum atomic E-state index is -3.61. The summed E-state index contributed by atoms with van der Waals surface area (Å²) in [7, 11) is -3.61. The largest absolute Gasteiger partial charge is 0.464 e. The molecule has 0 aliphatic carbocycles. The minimum Gasteiger partial charge on any atom is -0.464 e. The van der Waals surface area contributed by atoms with Gasteiger partial charge in [0, 0.05) is 0 Å². The number of nitrogens with one attached hydrogen (secondary N) is 1. The van der Waals surface area contributed by atoms with Crippen molar-refractivity contribution in [2.75, 3.05) is 6.61 Å². The maximum atomic E-state index is 13.7. The summed E-state index contributed by atoms with van der Waals surface area (Å²) in [5, 5.41) is 2.24. The van der Waals surface area contributed by atoms with Crippen LogP contribution in [-0.4, -0.2) is 18.6 Å². The van der Waals surface area contributed by atoms with E-state index in [4.69, 9.17) is 4.74 Å². The quantitative estimate of drug-likeness (QED) is 0.168. The smallest absolute Gasteiger partial charge is 0.323 e. The molecule has 5 nitrogen and oxygen atoms in total. The van der Waals surface area contributed by atoms with E-state index in [1.54, 1.807) is 13.8 Å². The van der Waals surface area contributed by atoms with Crippen LogP contribution in [-0.2, 0) is 14.1 Å². The van der Waals surface area contributed by atoms with Crippen molar-refractivity contribution < 1.29 is 40.6 Å². The lowest BCUT2D eigenvalue weighted by Gasteiger charge is -2.21. The number of halogens is 5. The Hall–Kier alpha value is -1.67. The Morgan fingerprint density at radius 1 is 0.966 bits per heavy atom. The SMILES string of the molecule is CCC(CC)COC(=O)[C@H](CC(C)C)N[PH](=O)Oc1c(F)c(F)c(F)c(F)c1F. The lowest BCUT2D eigenvalue weighted by molar-refractivity contribution is -0.147. The Kier molecular flexibility index (Phi) is 10.1. The first-order valence-electron chi connectivity index (χ1n) is 9.19. The highest BCUT2D eigenvalue weighted by molar-refractivity contribution is 7.37. The first kappa shape index (κ1) is 25.4. The number of esters is 1. The molecule has 1 aromatic carbocycles. The van der Waals surface area contributed by atoms with Crippen molar-refractivity contribution in [3.63, 3.8) is 0 Å². The molecule has 0 aliphatic rings. The number of benzene rings is 1. The molecule has 1 rings (SSSR count). The van der Waals surface area contributed by atoms with Gasteiger partial charge in [0.1, 0.15) is 6.04 Å². The number of rotatable bonds is 11. The first-order valence-corrected chi connectivity index (χ1v) is 10.5. The van der Waals surface area contributed by atoms with Crippen LogP contribution in [0, 0.1) is 40.9 Å². The van der Waals surface area contributed by atoms with Crippen LogP contribution in [0.15, 0.2) is 0 Å². The number of carbonyl (C=O) groups is 1. The second-order valence-corrected chi connectivity index (χ2v) is 8.00. The second kappa shape index (κ2) is 11.5. The van der Waals surface area contributed by atoms with Gasteiger partial charge in [-0.3, -0.25) is 9.36 Å². The average molecular weight is 445 g/mol. The Labute approximate surface area is 166 Å². The fraction of sp³-hybridized carbons (Fsp3) is 0.611. The number of hydrogen-bond donors (Lipinski definition) is 1. The lowest BCUT2D eigenvalue weighted by atomic mass is 10.0. The van der Waals surface area contributed by atoms with Crippen LogP contribution in [0.1, 0.15) is 47.0 Å². The van der Waals surface area contributed by atoms with Crippen LogP contribution in [0.2, 0.25) is 0 Å². The predicted octanol–water partition coefficient (Wildman–Crippen LogP) is 5.13. The summed E-state index contributed by atoms with van der Waals surface area (Å²) >= 11 is 0. The summed E-state index contributed by atoms with van der Waals surface area (Å²) < 4.78 is 88.7. The first-order chi connectivity index (χ1) is 13.5. The number of hydrogen-bond acceptors (Lipinski definition) is 4. The molecule has 0 saturated heterocycles. The van der Waals surface area contributed by atoms with Crippen molar-refractivity contribution in [2.24, 2.45) is 11.8 Å². The molecule has 0 spiro atoms. The zero-order chi connectivity index (χ0) is 22.3. The highest BCUT2D eigenvalue weighted by Gasteiger charge is 2.30. The van der Waals surface area contributed by atoms with E-state index in [1.165, 1.54) is 0 Å². The molecule has 0 bridgehead atoms. The summed E-state index contributed by atoms with van der Waals surface area (Å²) in [6.45, 7) is 7.54.